The van der Waals surface area contributed by atoms with Crippen LogP contribution in [0.2, 0.25) is 0 Å². The quantitative estimate of drug-likeness (QED) is 0.846. The Bertz CT molecular complexity index is 362. The van der Waals surface area contributed by atoms with Gasteiger partial charge >= 0.3 is 6.09 Å². The lowest BCUT2D eigenvalue weighted by Gasteiger charge is -2.27. The zero-order valence-corrected chi connectivity index (χ0v) is 13.7. The molecule has 20 heavy (non-hydrogen) atoms. The Balaban J connectivity index is 1.88. The summed E-state index contributed by atoms with van der Waals surface area (Å²) in [5.41, 5.74) is -0.257. The van der Waals surface area contributed by atoms with Gasteiger partial charge in [-0.25, -0.2) is 4.79 Å². The van der Waals surface area contributed by atoms with Crippen LogP contribution in [0.3, 0.4) is 0 Å². The molecule has 116 valence electrons. The molecule has 2 saturated heterocycles. The van der Waals surface area contributed by atoms with Crippen molar-refractivity contribution in [3.05, 3.63) is 0 Å². The molecule has 1 N–H and O–H groups in total. The van der Waals surface area contributed by atoms with Crippen LogP contribution >= 0.6 is 0 Å². The minimum absolute atomic E-state index is 0.149. The average Bonchev–Trinajstić information content (AvgIpc) is 2.84. The van der Waals surface area contributed by atoms with Gasteiger partial charge in [0.2, 0.25) is 0 Å². The van der Waals surface area contributed by atoms with Crippen molar-refractivity contribution >= 4 is 6.09 Å². The van der Waals surface area contributed by atoms with Crippen molar-refractivity contribution in [1.29, 1.82) is 0 Å². The van der Waals surface area contributed by atoms with E-state index in [-0.39, 0.29) is 11.6 Å². The summed E-state index contributed by atoms with van der Waals surface area (Å²) in [4.78, 5) is 14.0. The largest absolute Gasteiger partial charge is 0.444 e. The molecule has 0 aromatic rings. The fraction of sp³-hybridized carbons (Fsp3) is 0.938. The molecule has 2 aliphatic heterocycles. The maximum Gasteiger partial charge on any atom is 0.410 e. The van der Waals surface area contributed by atoms with E-state index in [2.05, 4.69) is 19.2 Å². The third-order valence-corrected chi connectivity index (χ3v) is 4.26. The molecule has 1 amide bonds. The Morgan fingerprint density at radius 3 is 2.75 bits per heavy atom. The van der Waals surface area contributed by atoms with Crippen LogP contribution in [-0.2, 0) is 4.74 Å². The van der Waals surface area contributed by atoms with Crippen molar-refractivity contribution in [3.8, 4) is 0 Å². The SMILES string of the molecule is CC(C)CC1CNC2(CCN(C(=O)OC(C)(C)C)C2)C1. The van der Waals surface area contributed by atoms with E-state index >= 15 is 0 Å². The third-order valence-electron chi connectivity index (χ3n) is 4.26. The van der Waals surface area contributed by atoms with Gasteiger partial charge in [-0.1, -0.05) is 13.8 Å². The van der Waals surface area contributed by atoms with Crippen LogP contribution in [0.15, 0.2) is 0 Å². The second-order valence-electron chi connectivity index (χ2n) is 8.01. The first kappa shape index (κ1) is 15.6. The van der Waals surface area contributed by atoms with Gasteiger partial charge in [-0.2, -0.15) is 0 Å². The van der Waals surface area contributed by atoms with E-state index in [4.69, 9.17) is 4.74 Å². The Morgan fingerprint density at radius 2 is 2.15 bits per heavy atom. The van der Waals surface area contributed by atoms with Crippen molar-refractivity contribution in [2.24, 2.45) is 11.8 Å². The van der Waals surface area contributed by atoms with Crippen LogP contribution in [0.1, 0.15) is 53.9 Å². The van der Waals surface area contributed by atoms with Gasteiger partial charge in [0.1, 0.15) is 5.60 Å². The van der Waals surface area contributed by atoms with E-state index in [9.17, 15) is 4.79 Å². The van der Waals surface area contributed by atoms with Crippen molar-refractivity contribution in [2.45, 2.75) is 65.0 Å². The van der Waals surface area contributed by atoms with E-state index in [0.717, 1.165) is 37.9 Å². The maximum atomic E-state index is 12.1. The lowest BCUT2D eigenvalue weighted by Crippen LogP contribution is -2.44. The monoisotopic (exact) mass is 282 g/mol. The summed E-state index contributed by atoms with van der Waals surface area (Å²) in [6, 6.07) is 0. The molecule has 4 nitrogen and oxygen atoms in total. The molecule has 0 radical (unpaired) electrons. The van der Waals surface area contributed by atoms with Crippen LogP contribution in [0, 0.1) is 11.8 Å². The van der Waals surface area contributed by atoms with E-state index in [1.807, 2.05) is 25.7 Å². The summed E-state index contributed by atoms with van der Waals surface area (Å²) < 4.78 is 5.47. The molecule has 1 spiro atoms. The summed E-state index contributed by atoms with van der Waals surface area (Å²) in [6.07, 6.45) is 3.37. The van der Waals surface area contributed by atoms with Crippen molar-refractivity contribution < 1.29 is 9.53 Å². The first-order valence-electron chi connectivity index (χ1n) is 7.92. The molecule has 2 unspecified atom stereocenters. The van der Waals surface area contributed by atoms with Crippen LogP contribution in [0.25, 0.3) is 0 Å². The highest BCUT2D eigenvalue weighted by atomic mass is 16.6. The van der Waals surface area contributed by atoms with E-state index < -0.39 is 5.60 Å². The van der Waals surface area contributed by atoms with E-state index in [1.165, 1.54) is 12.8 Å². The molecule has 0 saturated carbocycles. The van der Waals surface area contributed by atoms with Gasteiger partial charge in [0.05, 0.1) is 0 Å². The number of nitrogens with zero attached hydrogens (tertiary/aromatic N) is 1. The number of carbonyl (C=O) groups is 1. The Morgan fingerprint density at radius 1 is 1.45 bits per heavy atom. The fourth-order valence-electron chi connectivity index (χ4n) is 3.56. The molecule has 0 aromatic heterocycles. The molecule has 2 aliphatic rings. The van der Waals surface area contributed by atoms with Gasteiger partial charge in [0.25, 0.3) is 0 Å². The minimum atomic E-state index is -0.407. The summed E-state index contributed by atoms with van der Waals surface area (Å²) in [5.74, 6) is 1.51. The third kappa shape index (κ3) is 3.87. The van der Waals surface area contributed by atoms with Gasteiger partial charge in [-0.15, -0.1) is 0 Å². The molecule has 2 atom stereocenters. The minimum Gasteiger partial charge on any atom is -0.444 e. The van der Waals surface area contributed by atoms with Crippen LogP contribution in [-0.4, -0.2) is 41.8 Å². The second-order valence-corrected chi connectivity index (χ2v) is 8.01. The molecule has 0 aliphatic carbocycles. The Hall–Kier alpha value is -0.770. The number of carbonyl (C=O) groups excluding carboxylic acids is 1. The highest BCUT2D eigenvalue weighted by Gasteiger charge is 2.45. The number of rotatable bonds is 2. The number of ether oxygens (including phenoxy) is 1. The predicted octanol–water partition coefficient (Wildman–Crippen LogP) is 3.02. The summed E-state index contributed by atoms with van der Waals surface area (Å²) in [5, 5.41) is 3.69. The highest BCUT2D eigenvalue weighted by Crippen LogP contribution is 2.36. The highest BCUT2D eigenvalue weighted by molar-refractivity contribution is 5.68. The van der Waals surface area contributed by atoms with Gasteiger partial charge < -0.3 is 15.0 Å². The van der Waals surface area contributed by atoms with Crippen molar-refractivity contribution in [3.63, 3.8) is 0 Å². The summed E-state index contributed by atoms with van der Waals surface area (Å²) in [7, 11) is 0. The number of hydrogen-bond donors (Lipinski definition) is 1. The van der Waals surface area contributed by atoms with E-state index in [1.54, 1.807) is 0 Å². The van der Waals surface area contributed by atoms with Crippen LogP contribution in [0.5, 0.6) is 0 Å². The summed E-state index contributed by atoms with van der Waals surface area (Å²) in [6.45, 7) is 13.0. The van der Waals surface area contributed by atoms with Crippen molar-refractivity contribution in [2.75, 3.05) is 19.6 Å². The molecular weight excluding hydrogens is 252 g/mol. The number of likely N-dealkylation sites (tertiary alicyclic amines) is 1. The normalized spacial score (nSPS) is 30.5. The lowest BCUT2D eigenvalue weighted by atomic mass is 9.88. The first-order chi connectivity index (χ1) is 9.19. The molecule has 2 heterocycles. The maximum absolute atomic E-state index is 12.1. The zero-order chi connectivity index (χ0) is 15.0. The molecular formula is C16H30N2O2. The topological polar surface area (TPSA) is 41.6 Å². The molecule has 2 fully saturated rings. The molecule has 2 rings (SSSR count). The standard InChI is InChI=1S/C16H30N2O2/c1-12(2)8-13-9-16(17-10-13)6-7-18(11-16)14(19)20-15(3,4)5/h12-13,17H,6-11H2,1-5H3. The molecule has 4 heteroatoms. The Kier molecular flexibility index (Phi) is 4.33. The lowest BCUT2D eigenvalue weighted by molar-refractivity contribution is 0.0282. The van der Waals surface area contributed by atoms with Gasteiger partial charge in [-0.05, 0) is 58.4 Å². The van der Waals surface area contributed by atoms with Gasteiger partial charge in [0, 0.05) is 18.6 Å². The molecule has 0 aromatic carbocycles. The van der Waals surface area contributed by atoms with Crippen LogP contribution in [0.4, 0.5) is 4.79 Å². The van der Waals surface area contributed by atoms with Gasteiger partial charge in [0.15, 0.2) is 0 Å². The fourth-order valence-corrected chi connectivity index (χ4v) is 3.56. The molecule has 0 bridgehead atoms. The average molecular weight is 282 g/mol. The predicted molar refractivity (Wildman–Crippen MR) is 80.7 cm³/mol. The number of amides is 1. The second kappa shape index (κ2) is 5.55. The Labute approximate surface area is 123 Å². The van der Waals surface area contributed by atoms with Gasteiger partial charge in [-0.3, -0.25) is 0 Å². The zero-order valence-electron chi connectivity index (χ0n) is 13.7. The number of hydrogen-bond acceptors (Lipinski definition) is 3. The van der Waals surface area contributed by atoms with Crippen LogP contribution < -0.4 is 5.32 Å². The van der Waals surface area contributed by atoms with E-state index in [0.29, 0.717) is 0 Å². The smallest absolute Gasteiger partial charge is 0.410 e. The first-order valence-corrected chi connectivity index (χ1v) is 7.92. The summed E-state index contributed by atoms with van der Waals surface area (Å²) >= 11 is 0. The number of nitrogens with one attached hydrogen (secondary N) is 1. The van der Waals surface area contributed by atoms with Crippen molar-refractivity contribution in [1.82, 2.24) is 10.2 Å².